The maximum atomic E-state index is 13.3. The Morgan fingerprint density at radius 2 is 1.67 bits per heavy atom. The summed E-state index contributed by atoms with van der Waals surface area (Å²) >= 11 is 12.7. The number of imidazole rings is 1. The predicted octanol–water partition coefficient (Wildman–Crippen LogP) is 8.58. The van der Waals surface area contributed by atoms with Gasteiger partial charge >= 0.3 is 5.97 Å². The van der Waals surface area contributed by atoms with Crippen molar-refractivity contribution < 1.29 is 19.4 Å². The number of carboxylic acid groups (broad SMARTS) is 1. The van der Waals surface area contributed by atoms with Gasteiger partial charge in [0.25, 0.3) is 0 Å². The number of nitrogens with one attached hydrogen (secondary N) is 1. The van der Waals surface area contributed by atoms with E-state index in [0.29, 0.717) is 28.8 Å². The summed E-state index contributed by atoms with van der Waals surface area (Å²) in [5, 5.41) is 13.5. The number of hydrogen-bond acceptors (Lipinski definition) is 4. The molecular weight excluding hydrogens is 621 g/mol. The van der Waals surface area contributed by atoms with E-state index in [4.69, 9.17) is 38.0 Å². The number of halogens is 2. The first-order valence-electron chi connectivity index (χ1n) is 15.2. The standard InChI is InChI=1S/C37H35Cl2N3O4/c1-2-3-19-42-23-34(31-18-15-29(38)21-32(31)39)40-35(42)22-33(41-36(43)20-25-7-5-4-6-8-25)27-13-16-30(17-14-27)46-24-26-9-11-28(12-10-26)37(44)45/h4-18,21,23,33H,2-3,19-20,22,24H2,1H3,(H,41,43)(H,44,45). The molecule has 1 atom stereocenters. The van der Waals surface area contributed by atoms with Gasteiger partial charge in [-0.25, -0.2) is 9.78 Å². The average Bonchev–Trinajstić information content (AvgIpc) is 3.45. The maximum Gasteiger partial charge on any atom is 0.335 e. The Hall–Kier alpha value is -4.59. The fraction of sp³-hybridized carbons (Fsp3) is 0.216. The zero-order valence-electron chi connectivity index (χ0n) is 25.5. The Morgan fingerprint density at radius 3 is 2.35 bits per heavy atom. The van der Waals surface area contributed by atoms with Crippen molar-refractivity contribution in [2.45, 2.75) is 51.8 Å². The van der Waals surface area contributed by atoms with Crippen LogP contribution >= 0.6 is 23.2 Å². The molecule has 0 aliphatic heterocycles. The van der Waals surface area contributed by atoms with Crippen LogP contribution in [0.25, 0.3) is 11.3 Å². The van der Waals surface area contributed by atoms with E-state index in [0.717, 1.165) is 53.2 Å². The van der Waals surface area contributed by atoms with Crippen LogP contribution in [0.1, 0.15) is 58.7 Å². The Kier molecular flexibility index (Phi) is 11.1. The normalized spacial score (nSPS) is 11.6. The summed E-state index contributed by atoms with van der Waals surface area (Å²) in [6, 6.07) is 28.9. The van der Waals surface area contributed by atoms with Gasteiger partial charge in [-0.2, -0.15) is 0 Å². The second-order valence-electron chi connectivity index (χ2n) is 11.1. The van der Waals surface area contributed by atoms with Crippen LogP contribution in [0.5, 0.6) is 5.75 Å². The summed E-state index contributed by atoms with van der Waals surface area (Å²) < 4.78 is 8.11. The van der Waals surface area contributed by atoms with E-state index in [-0.39, 0.29) is 23.9 Å². The number of nitrogens with zero attached hydrogens (tertiary/aromatic N) is 2. The molecule has 7 nitrogen and oxygen atoms in total. The van der Waals surface area contributed by atoms with Crippen molar-refractivity contribution >= 4 is 35.1 Å². The minimum absolute atomic E-state index is 0.0889. The van der Waals surface area contributed by atoms with Gasteiger partial charge in [0.05, 0.1) is 28.7 Å². The smallest absolute Gasteiger partial charge is 0.335 e. The highest BCUT2D eigenvalue weighted by Gasteiger charge is 2.21. The lowest BCUT2D eigenvalue weighted by Gasteiger charge is -2.20. The van der Waals surface area contributed by atoms with Crippen LogP contribution in [0.4, 0.5) is 0 Å². The highest BCUT2D eigenvalue weighted by atomic mass is 35.5. The van der Waals surface area contributed by atoms with E-state index in [9.17, 15) is 9.59 Å². The lowest BCUT2D eigenvalue weighted by Crippen LogP contribution is -2.32. The number of rotatable bonds is 14. The van der Waals surface area contributed by atoms with Crippen LogP contribution in [0, 0.1) is 0 Å². The van der Waals surface area contributed by atoms with E-state index in [2.05, 4.69) is 16.8 Å². The lowest BCUT2D eigenvalue weighted by molar-refractivity contribution is -0.121. The van der Waals surface area contributed by atoms with Crippen LogP contribution in [-0.4, -0.2) is 26.5 Å². The third kappa shape index (κ3) is 8.77. The van der Waals surface area contributed by atoms with Crippen molar-refractivity contribution in [1.82, 2.24) is 14.9 Å². The van der Waals surface area contributed by atoms with Crippen molar-refractivity contribution in [2.24, 2.45) is 0 Å². The van der Waals surface area contributed by atoms with Gasteiger partial charge in [0.1, 0.15) is 18.2 Å². The molecule has 0 fully saturated rings. The molecule has 2 N–H and O–H groups in total. The molecule has 0 spiro atoms. The molecule has 9 heteroatoms. The van der Waals surface area contributed by atoms with E-state index >= 15 is 0 Å². The minimum atomic E-state index is -0.966. The van der Waals surface area contributed by atoms with Gasteiger partial charge in [-0.15, -0.1) is 0 Å². The monoisotopic (exact) mass is 655 g/mol. The number of ether oxygens (including phenoxy) is 1. The van der Waals surface area contributed by atoms with Gasteiger partial charge in [0.2, 0.25) is 5.91 Å². The molecule has 1 amide bonds. The first-order chi connectivity index (χ1) is 22.3. The Balaban J connectivity index is 1.39. The molecular formula is C37H35Cl2N3O4. The van der Waals surface area contributed by atoms with Crippen LogP contribution in [-0.2, 0) is 30.8 Å². The van der Waals surface area contributed by atoms with E-state index in [1.54, 1.807) is 36.4 Å². The van der Waals surface area contributed by atoms with Gasteiger partial charge in [-0.05, 0) is 65.6 Å². The fourth-order valence-corrected chi connectivity index (χ4v) is 5.64. The van der Waals surface area contributed by atoms with Crippen molar-refractivity contribution in [2.75, 3.05) is 0 Å². The number of benzene rings is 4. The summed E-state index contributed by atoms with van der Waals surface area (Å²) in [6.45, 7) is 3.23. The summed E-state index contributed by atoms with van der Waals surface area (Å²) in [5.74, 6) is 0.439. The molecule has 0 aliphatic rings. The topological polar surface area (TPSA) is 93.5 Å². The summed E-state index contributed by atoms with van der Waals surface area (Å²) in [4.78, 5) is 29.4. The third-order valence-electron chi connectivity index (χ3n) is 7.64. The highest BCUT2D eigenvalue weighted by Crippen LogP contribution is 2.31. The van der Waals surface area contributed by atoms with Crippen LogP contribution in [0.3, 0.4) is 0 Å². The van der Waals surface area contributed by atoms with Crippen molar-refractivity contribution in [3.05, 3.63) is 141 Å². The van der Waals surface area contributed by atoms with Crippen LogP contribution in [0.2, 0.25) is 10.0 Å². The molecule has 46 heavy (non-hydrogen) atoms. The summed E-state index contributed by atoms with van der Waals surface area (Å²) in [6.07, 6.45) is 4.74. The largest absolute Gasteiger partial charge is 0.489 e. The molecule has 1 aromatic heterocycles. The van der Waals surface area contributed by atoms with Gasteiger partial charge in [0, 0.05) is 29.7 Å². The zero-order chi connectivity index (χ0) is 32.5. The minimum Gasteiger partial charge on any atom is -0.489 e. The van der Waals surface area contributed by atoms with Crippen molar-refractivity contribution in [3.63, 3.8) is 0 Å². The fourth-order valence-electron chi connectivity index (χ4n) is 5.13. The van der Waals surface area contributed by atoms with Gasteiger partial charge < -0.3 is 19.7 Å². The predicted molar refractivity (Wildman–Crippen MR) is 181 cm³/mol. The van der Waals surface area contributed by atoms with Gasteiger partial charge in [-0.1, -0.05) is 91.1 Å². The molecule has 1 unspecified atom stereocenters. The average molecular weight is 657 g/mol. The number of hydrogen-bond donors (Lipinski definition) is 2. The van der Waals surface area contributed by atoms with Crippen LogP contribution in [0.15, 0.2) is 103 Å². The SMILES string of the molecule is CCCCn1cc(-c2ccc(Cl)cc2Cl)nc1CC(NC(=O)Cc1ccccc1)c1ccc(OCc2ccc(C(=O)O)cc2)cc1. The van der Waals surface area contributed by atoms with Gasteiger partial charge in [0.15, 0.2) is 0 Å². The van der Waals surface area contributed by atoms with Crippen molar-refractivity contribution in [1.29, 1.82) is 0 Å². The molecule has 5 rings (SSSR count). The molecule has 0 saturated carbocycles. The number of unbranched alkanes of at least 4 members (excludes halogenated alkanes) is 1. The lowest BCUT2D eigenvalue weighted by atomic mass is 10.0. The Morgan fingerprint density at radius 1 is 0.935 bits per heavy atom. The molecule has 0 aliphatic carbocycles. The zero-order valence-corrected chi connectivity index (χ0v) is 27.0. The maximum absolute atomic E-state index is 13.3. The quantitative estimate of drug-likeness (QED) is 0.125. The molecule has 0 bridgehead atoms. The highest BCUT2D eigenvalue weighted by molar-refractivity contribution is 6.36. The van der Waals surface area contributed by atoms with Gasteiger partial charge in [-0.3, -0.25) is 4.79 Å². The molecule has 4 aromatic carbocycles. The number of aromatic nitrogens is 2. The number of aryl methyl sites for hydroxylation is 1. The third-order valence-corrected chi connectivity index (χ3v) is 8.18. The summed E-state index contributed by atoms with van der Waals surface area (Å²) in [5.41, 5.74) is 4.48. The summed E-state index contributed by atoms with van der Waals surface area (Å²) in [7, 11) is 0. The number of carbonyl (C=O) groups excluding carboxylic acids is 1. The molecule has 0 saturated heterocycles. The van der Waals surface area contributed by atoms with E-state index in [1.165, 1.54) is 0 Å². The van der Waals surface area contributed by atoms with E-state index in [1.807, 2.05) is 66.9 Å². The number of carboxylic acids is 1. The Labute approximate surface area is 278 Å². The number of amides is 1. The first kappa shape index (κ1) is 32.8. The molecule has 236 valence electrons. The second-order valence-corrected chi connectivity index (χ2v) is 11.9. The molecule has 5 aromatic rings. The van der Waals surface area contributed by atoms with E-state index < -0.39 is 5.97 Å². The van der Waals surface area contributed by atoms with Crippen LogP contribution < -0.4 is 10.1 Å². The number of aromatic carboxylic acids is 1. The molecule has 1 heterocycles. The Bertz CT molecular complexity index is 1770. The molecule has 0 radical (unpaired) electrons. The second kappa shape index (κ2) is 15.6. The number of carbonyl (C=O) groups is 2. The first-order valence-corrected chi connectivity index (χ1v) is 15.9. The van der Waals surface area contributed by atoms with Crippen molar-refractivity contribution in [3.8, 4) is 17.0 Å².